The van der Waals surface area contributed by atoms with Crippen LogP contribution in [0.25, 0.3) is 0 Å². The SMILES string of the molecule is CCC1C2C(CCCC2C(=O)O)CCN1C(=O)CCc1ccc(F)cc1. The number of carbonyl (C=O) groups excluding carboxylic acids is 1. The highest BCUT2D eigenvalue weighted by atomic mass is 19.1. The van der Waals surface area contributed by atoms with Gasteiger partial charge in [-0.15, -0.1) is 0 Å². The standard InChI is InChI=1S/C21H28FNO3/c1-2-18-20-15(4-3-5-17(20)21(25)26)12-13-23(18)19(24)11-8-14-6-9-16(22)10-7-14/h6-7,9-10,15,17-18,20H,2-5,8,11-13H2,1H3,(H,25,26). The Morgan fingerprint density at radius 2 is 1.92 bits per heavy atom. The van der Waals surface area contributed by atoms with E-state index in [1.54, 1.807) is 12.1 Å². The van der Waals surface area contributed by atoms with Crippen LogP contribution >= 0.6 is 0 Å². The molecule has 1 amide bonds. The lowest BCUT2D eigenvalue weighted by molar-refractivity contribution is -0.154. The van der Waals surface area contributed by atoms with Crippen LogP contribution in [0.2, 0.25) is 0 Å². The maximum Gasteiger partial charge on any atom is 0.306 e. The number of halogens is 1. The van der Waals surface area contributed by atoms with Crippen LogP contribution in [0, 0.1) is 23.6 Å². The monoisotopic (exact) mass is 361 g/mol. The summed E-state index contributed by atoms with van der Waals surface area (Å²) in [7, 11) is 0. The van der Waals surface area contributed by atoms with Gasteiger partial charge in [0.2, 0.25) is 5.91 Å². The topological polar surface area (TPSA) is 57.6 Å². The number of hydrogen-bond acceptors (Lipinski definition) is 2. The molecular weight excluding hydrogens is 333 g/mol. The number of benzene rings is 1. The summed E-state index contributed by atoms with van der Waals surface area (Å²) in [4.78, 5) is 26.6. The smallest absolute Gasteiger partial charge is 0.306 e. The van der Waals surface area contributed by atoms with Crippen molar-refractivity contribution in [2.24, 2.45) is 17.8 Å². The summed E-state index contributed by atoms with van der Waals surface area (Å²) in [6.07, 6.45) is 5.47. The Labute approximate surface area is 154 Å². The van der Waals surface area contributed by atoms with Gasteiger partial charge in [-0.25, -0.2) is 4.39 Å². The fraction of sp³-hybridized carbons (Fsp3) is 0.619. The molecule has 4 nitrogen and oxygen atoms in total. The number of carboxylic acid groups (broad SMARTS) is 1. The van der Waals surface area contributed by atoms with Gasteiger partial charge in [-0.2, -0.15) is 0 Å². The summed E-state index contributed by atoms with van der Waals surface area (Å²) < 4.78 is 13.0. The second kappa shape index (κ2) is 8.19. The van der Waals surface area contributed by atoms with Gasteiger partial charge in [-0.05, 0) is 61.6 Å². The number of aliphatic carboxylic acids is 1. The molecule has 26 heavy (non-hydrogen) atoms. The molecule has 0 spiro atoms. The largest absolute Gasteiger partial charge is 0.481 e. The summed E-state index contributed by atoms with van der Waals surface area (Å²) in [6, 6.07) is 6.29. The number of piperidine rings is 1. The molecule has 1 aromatic carbocycles. The van der Waals surface area contributed by atoms with Crippen molar-refractivity contribution in [3.8, 4) is 0 Å². The zero-order valence-electron chi connectivity index (χ0n) is 15.4. The highest BCUT2D eigenvalue weighted by molar-refractivity contribution is 5.77. The first kappa shape index (κ1) is 18.9. The zero-order chi connectivity index (χ0) is 18.7. The van der Waals surface area contributed by atoms with Crippen LogP contribution in [0.1, 0.15) is 51.0 Å². The first-order valence-electron chi connectivity index (χ1n) is 9.78. The number of nitrogens with zero attached hydrogens (tertiary/aromatic N) is 1. The van der Waals surface area contributed by atoms with Crippen molar-refractivity contribution in [3.63, 3.8) is 0 Å². The van der Waals surface area contributed by atoms with E-state index >= 15 is 0 Å². The normalized spacial score (nSPS) is 28.5. The third kappa shape index (κ3) is 3.92. The van der Waals surface area contributed by atoms with Gasteiger partial charge in [0.1, 0.15) is 5.82 Å². The molecule has 1 N–H and O–H groups in total. The Balaban J connectivity index is 1.69. The summed E-state index contributed by atoms with van der Waals surface area (Å²) in [5, 5.41) is 9.66. The Morgan fingerprint density at radius 1 is 1.19 bits per heavy atom. The van der Waals surface area contributed by atoms with Crippen LogP contribution < -0.4 is 0 Å². The molecule has 3 rings (SSSR count). The highest BCUT2D eigenvalue weighted by Gasteiger charge is 2.46. The molecule has 0 bridgehead atoms. The lowest BCUT2D eigenvalue weighted by Crippen LogP contribution is -2.55. The summed E-state index contributed by atoms with van der Waals surface area (Å²) >= 11 is 0. The van der Waals surface area contributed by atoms with Crippen LogP contribution in [0.5, 0.6) is 0 Å². The van der Waals surface area contributed by atoms with E-state index in [0.717, 1.165) is 44.2 Å². The van der Waals surface area contributed by atoms with Crippen LogP contribution in [-0.2, 0) is 16.0 Å². The Kier molecular flexibility index (Phi) is 5.94. The summed E-state index contributed by atoms with van der Waals surface area (Å²) in [5.74, 6) is -0.713. The molecule has 5 heteroatoms. The lowest BCUT2D eigenvalue weighted by atomic mass is 9.64. The molecule has 2 fully saturated rings. The molecular formula is C21H28FNO3. The van der Waals surface area contributed by atoms with E-state index in [0.29, 0.717) is 18.8 Å². The fourth-order valence-electron chi connectivity index (χ4n) is 5.05. The Morgan fingerprint density at radius 3 is 2.58 bits per heavy atom. The number of hydrogen-bond donors (Lipinski definition) is 1. The number of fused-ring (bicyclic) bond motifs is 1. The van der Waals surface area contributed by atoms with E-state index in [4.69, 9.17) is 0 Å². The number of aryl methyl sites for hydroxylation is 1. The van der Waals surface area contributed by atoms with E-state index in [-0.39, 0.29) is 29.6 Å². The number of carboxylic acids is 1. The molecule has 0 aromatic heterocycles. The average Bonchev–Trinajstić information content (AvgIpc) is 2.65. The van der Waals surface area contributed by atoms with Crippen molar-refractivity contribution in [2.45, 2.75) is 57.9 Å². The first-order valence-corrected chi connectivity index (χ1v) is 9.78. The van der Waals surface area contributed by atoms with Gasteiger partial charge in [0.05, 0.1) is 5.92 Å². The third-order valence-corrected chi connectivity index (χ3v) is 6.28. The maximum absolute atomic E-state index is 13.0. The summed E-state index contributed by atoms with van der Waals surface area (Å²) in [6.45, 7) is 2.79. The Hall–Kier alpha value is -1.91. The molecule has 4 unspecified atom stereocenters. The van der Waals surface area contributed by atoms with E-state index < -0.39 is 5.97 Å². The average molecular weight is 361 g/mol. The predicted octanol–water partition coefficient (Wildman–Crippen LogP) is 3.89. The van der Waals surface area contributed by atoms with Crippen molar-refractivity contribution in [3.05, 3.63) is 35.6 Å². The van der Waals surface area contributed by atoms with Crippen molar-refractivity contribution in [2.75, 3.05) is 6.54 Å². The van der Waals surface area contributed by atoms with E-state index in [9.17, 15) is 19.1 Å². The fourth-order valence-corrected chi connectivity index (χ4v) is 5.05. The van der Waals surface area contributed by atoms with Crippen molar-refractivity contribution in [1.82, 2.24) is 4.90 Å². The molecule has 2 aliphatic rings. The predicted molar refractivity (Wildman–Crippen MR) is 97.1 cm³/mol. The zero-order valence-corrected chi connectivity index (χ0v) is 15.4. The van der Waals surface area contributed by atoms with E-state index in [1.807, 2.05) is 4.90 Å². The van der Waals surface area contributed by atoms with Gasteiger partial charge < -0.3 is 10.0 Å². The van der Waals surface area contributed by atoms with Gasteiger partial charge >= 0.3 is 5.97 Å². The van der Waals surface area contributed by atoms with E-state index in [1.165, 1.54) is 12.1 Å². The van der Waals surface area contributed by atoms with Crippen LogP contribution in [0.3, 0.4) is 0 Å². The molecule has 1 aliphatic heterocycles. The number of likely N-dealkylation sites (tertiary alicyclic amines) is 1. The van der Waals surface area contributed by atoms with Crippen molar-refractivity contribution >= 4 is 11.9 Å². The second-order valence-electron chi connectivity index (χ2n) is 7.69. The minimum Gasteiger partial charge on any atom is -0.481 e. The quantitative estimate of drug-likeness (QED) is 0.866. The highest BCUT2D eigenvalue weighted by Crippen LogP contribution is 2.44. The molecule has 142 valence electrons. The third-order valence-electron chi connectivity index (χ3n) is 6.28. The molecule has 1 saturated carbocycles. The maximum atomic E-state index is 13.0. The molecule has 1 saturated heterocycles. The molecule has 1 heterocycles. The van der Waals surface area contributed by atoms with Crippen LogP contribution in [0.4, 0.5) is 4.39 Å². The molecule has 1 aliphatic carbocycles. The molecule has 4 atom stereocenters. The number of rotatable bonds is 5. The van der Waals surface area contributed by atoms with Gasteiger partial charge in [0.15, 0.2) is 0 Å². The minimum absolute atomic E-state index is 0.0240. The second-order valence-corrected chi connectivity index (χ2v) is 7.69. The first-order chi connectivity index (χ1) is 12.5. The van der Waals surface area contributed by atoms with Crippen molar-refractivity contribution in [1.29, 1.82) is 0 Å². The number of amides is 1. The van der Waals surface area contributed by atoms with Crippen LogP contribution in [-0.4, -0.2) is 34.5 Å². The molecule has 1 aromatic rings. The summed E-state index contributed by atoms with van der Waals surface area (Å²) in [5.41, 5.74) is 0.948. The van der Waals surface area contributed by atoms with Gasteiger partial charge in [0, 0.05) is 19.0 Å². The Bertz CT molecular complexity index is 645. The molecule has 0 radical (unpaired) electrons. The van der Waals surface area contributed by atoms with E-state index in [2.05, 4.69) is 6.92 Å². The van der Waals surface area contributed by atoms with Gasteiger partial charge in [-0.1, -0.05) is 25.5 Å². The van der Waals surface area contributed by atoms with Gasteiger partial charge in [0.25, 0.3) is 0 Å². The minimum atomic E-state index is -0.709. The lowest BCUT2D eigenvalue weighted by Gasteiger charge is -2.50. The van der Waals surface area contributed by atoms with Crippen molar-refractivity contribution < 1.29 is 19.1 Å². The van der Waals surface area contributed by atoms with Gasteiger partial charge in [-0.3, -0.25) is 9.59 Å². The number of carbonyl (C=O) groups is 2. The van der Waals surface area contributed by atoms with Crippen LogP contribution in [0.15, 0.2) is 24.3 Å².